The Morgan fingerprint density at radius 3 is 2.14 bits per heavy atom. The molecule has 0 heterocycles. The normalized spacial score (nSPS) is 12.6. The van der Waals surface area contributed by atoms with Crippen LogP contribution >= 0.6 is 0 Å². The molecule has 1 amide bonds. The highest BCUT2D eigenvalue weighted by molar-refractivity contribution is 7.90. The van der Waals surface area contributed by atoms with Gasteiger partial charge < -0.3 is 10.4 Å². The van der Waals surface area contributed by atoms with E-state index in [-0.39, 0.29) is 10.8 Å². The highest BCUT2D eigenvalue weighted by atomic mass is 32.2. The first-order chi connectivity index (χ1) is 13.0. The van der Waals surface area contributed by atoms with E-state index >= 15 is 0 Å². The van der Waals surface area contributed by atoms with Crippen LogP contribution in [0.4, 0.5) is 5.69 Å². The molecular formula is C21H25NO5S. The third-order valence-electron chi connectivity index (χ3n) is 4.43. The van der Waals surface area contributed by atoms with E-state index in [0.29, 0.717) is 22.7 Å². The third-order valence-corrected chi connectivity index (χ3v) is 5.55. The number of benzene rings is 2. The SMILES string of the molecule is CC(C)Cc1ccc(C(C)C(=O)O)cc1NC(=O)c1ccc(S(C)(=O)=O)cc1. The zero-order valence-electron chi connectivity index (χ0n) is 16.4. The van der Waals surface area contributed by atoms with E-state index in [1.165, 1.54) is 24.3 Å². The number of carbonyl (C=O) groups is 2. The molecule has 2 aromatic rings. The molecule has 0 spiro atoms. The molecule has 0 aliphatic carbocycles. The molecule has 2 aromatic carbocycles. The Morgan fingerprint density at radius 2 is 1.64 bits per heavy atom. The maximum atomic E-state index is 12.7. The monoisotopic (exact) mass is 403 g/mol. The number of anilines is 1. The van der Waals surface area contributed by atoms with Gasteiger partial charge in [0.15, 0.2) is 9.84 Å². The summed E-state index contributed by atoms with van der Waals surface area (Å²) in [6.07, 6.45) is 1.83. The van der Waals surface area contributed by atoms with E-state index in [2.05, 4.69) is 19.2 Å². The number of nitrogens with one attached hydrogen (secondary N) is 1. The fourth-order valence-corrected chi connectivity index (χ4v) is 3.42. The molecule has 0 bridgehead atoms. The molecule has 150 valence electrons. The Hall–Kier alpha value is -2.67. The fraction of sp³-hybridized carbons (Fsp3) is 0.333. The summed E-state index contributed by atoms with van der Waals surface area (Å²) >= 11 is 0. The molecule has 2 rings (SSSR count). The van der Waals surface area contributed by atoms with Crippen molar-refractivity contribution in [1.29, 1.82) is 0 Å². The first-order valence-electron chi connectivity index (χ1n) is 8.96. The van der Waals surface area contributed by atoms with E-state index in [4.69, 9.17) is 0 Å². The van der Waals surface area contributed by atoms with Crippen molar-refractivity contribution in [2.24, 2.45) is 5.92 Å². The second-order valence-electron chi connectivity index (χ2n) is 7.33. The van der Waals surface area contributed by atoms with Gasteiger partial charge in [0.1, 0.15) is 0 Å². The summed E-state index contributed by atoms with van der Waals surface area (Å²) in [6.45, 7) is 5.71. The van der Waals surface area contributed by atoms with Gasteiger partial charge in [0.25, 0.3) is 5.91 Å². The summed E-state index contributed by atoms with van der Waals surface area (Å²) in [4.78, 5) is 24.1. The molecular weight excluding hydrogens is 378 g/mol. The molecule has 0 aliphatic heterocycles. The standard InChI is InChI=1S/C21H25NO5S/c1-13(2)11-17-6-5-16(14(3)21(24)25)12-19(17)22-20(23)15-7-9-18(10-8-15)28(4,26)27/h5-10,12-14H,11H2,1-4H3,(H,22,23)(H,24,25). The van der Waals surface area contributed by atoms with E-state index < -0.39 is 21.7 Å². The lowest BCUT2D eigenvalue weighted by Crippen LogP contribution is -2.15. The van der Waals surface area contributed by atoms with Crippen LogP contribution in [0.15, 0.2) is 47.4 Å². The largest absolute Gasteiger partial charge is 0.481 e. The van der Waals surface area contributed by atoms with E-state index in [9.17, 15) is 23.1 Å². The maximum Gasteiger partial charge on any atom is 0.310 e. The number of rotatable bonds is 7. The van der Waals surface area contributed by atoms with Crippen LogP contribution in [0.5, 0.6) is 0 Å². The van der Waals surface area contributed by atoms with Crippen LogP contribution in [0, 0.1) is 5.92 Å². The zero-order chi connectivity index (χ0) is 21.1. The second-order valence-corrected chi connectivity index (χ2v) is 9.34. The molecule has 1 atom stereocenters. The van der Waals surface area contributed by atoms with Crippen LogP contribution in [0.25, 0.3) is 0 Å². The van der Waals surface area contributed by atoms with Crippen LogP contribution in [0.1, 0.15) is 48.2 Å². The molecule has 0 aliphatic rings. The number of sulfone groups is 1. The van der Waals surface area contributed by atoms with Gasteiger partial charge in [-0.1, -0.05) is 26.0 Å². The smallest absolute Gasteiger partial charge is 0.310 e. The number of aliphatic carboxylic acids is 1. The number of carbonyl (C=O) groups excluding carboxylic acids is 1. The molecule has 0 fully saturated rings. The summed E-state index contributed by atoms with van der Waals surface area (Å²) in [7, 11) is -3.33. The lowest BCUT2D eigenvalue weighted by atomic mass is 9.95. The fourth-order valence-electron chi connectivity index (χ4n) is 2.79. The molecule has 0 saturated carbocycles. The highest BCUT2D eigenvalue weighted by Crippen LogP contribution is 2.26. The van der Waals surface area contributed by atoms with Crippen molar-refractivity contribution in [3.8, 4) is 0 Å². The van der Waals surface area contributed by atoms with Crippen molar-refractivity contribution in [3.63, 3.8) is 0 Å². The van der Waals surface area contributed by atoms with E-state index in [1.807, 2.05) is 6.07 Å². The quantitative estimate of drug-likeness (QED) is 0.734. The summed E-state index contributed by atoms with van der Waals surface area (Å²) in [5, 5.41) is 12.1. The zero-order valence-corrected chi connectivity index (χ0v) is 17.2. The number of hydrogen-bond donors (Lipinski definition) is 2. The lowest BCUT2D eigenvalue weighted by molar-refractivity contribution is -0.138. The molecule has 2 N–H and O–H groups in total. The maximum absolute atomic E-state index is 12.7. The summed E-state index contributed by atoms with van der Waals surface area (Å²) in [5.74, 6) is -1.67. The van der Waals surface area contributed by atoms with Gasteiger partial charge in [-0.25, -0.2) is 8.42 Å². The first-order valence-corrected chi connectivity index (χ1v) is 10.8. The van der Waals surface area contributed by atoms with Gasteiger partial charge in [0.2, 0.25) is 0 Å². The first kappa shape index (κ1) is 21.6. The number of hydrogen-bond acceptors (Lipinski definition) is 4. The van der Waals surface area contributed by atoms with Crippen LogP contribution in [0.2, 0.25) is 0 Å². The minimum absolute atomic E-state index is 0.141. The minimum Gasteiger partial charge on any atom is -0.481 e. The number of amides is 1. The van der Waals surface area contributed by atoms with Crippen molar-refractivity contribution in [1.82, 2.24) is 0 Å². The van der Waals surface area contributed by atoms with Gasteiger partial charge in [-0.3, -0.25) is 9.59 Å². The Bertz CT molecular complexity index is 978. The molecule has 0 radical (unpaired) electrons. The average molecular weight is 404 g/mol. The molecule has 0 saturated heterocycles. The van der Waals surface area contributed by atoms with Gasteiger partial charge in [-0.15, -0.1) is 0 Å². The van der Waals surface area contributed by atoms with Crippen LogP contribution in [-0.2, 0) is 21.1 Å². The molecule has 6 nitrogen and oxygen atoms in total. The van der Waals surface area contributed by atoms with Gasteiger partial charge in [-0.2, -0.15) is 0 Å². The summed E-state index contributed by atoms with van der Waals surface area (Å²) in [6, 6.07) is 11.0. The van der Waals surface area contributed by atoms with Crippen molar-refractivity contribution >= 4 is 27.4 Å². The van der Waals surface area contributed by atoms with Crippen LogP contribution < -0.4 is 5.32 Å². The minimum atomic E-state index is -3.33. The van der Waals surface area contributed by atoms with Crippen molar-refractivity contribution < 1.29 is 23.1 Å². The Kier molecular flexibility index (Phi) is 6.61. The average Bonchev–Trinajstić information content (AvgIpc) is 2.61. The van der Waals surface area contributed by atoms with Crippen LogP contribution in [0.3, 0.4) is 0 Å². The number of carboxylic acids is 1. The van der Waals surface area contributed by atoms with Crippen molar-refractivity contribution in [3.05, 3.63) is 59.2 Å². The van der Waals surface area contributed by atoms with Gasteiger partial charge in [-0.05, 0) is 60.7 Å². The van der Waals surface area contributed by atoms with E-state index in [1.54, 1.807) is 19.1 Å². The third kappa shape index (κ3) is 5.42. The molecule has 0 aromatic heterocycles. The topological polar surface area (TPSA) is 101 Å². The molecule has 28 heavy (non-hydrogen) atoms. The van der Waals surface area contributed by atoms with Gasteiger partial charge in [0, 0.05) is 17.5 Å². The highest BCUT2D eigenvalue weighted by Gasteiger charge is 2.17. The Morgan fingerprint density at radius 1 is 1.04 bits per heavy atom. The Balaban J connectivity index is 2.34. The summed E-state index contributed by atoms with van der Waals surface area (Å²) < 4.78 is 23.1. The number of carboxylic acid groups (broad SMARTS) is 1. The van der Waals surface area contributed by atoms with Gasteiger partial charge in [0.05, 0.1) is 10.8 Å². The summed E-state index contributed by atoms with van der Waals surface area (Å²) in [5.41, 5.74) is 2.40. The predicted molar refractivity (Wildman–Crippen MR) is 109 cm³/mol. The lowest BCUT2D eigenvalue weighted by Gasteiger charge is -2.16. The van der Waals surface area contributed by atoms with E-state index in [0.717, 1.165) is 18.2 Å². The second kappa shape index (κ2) is 8.56. The molecule has 7 heteroatoms. The predicted octanol–water partition coefficient (Wildman–Crippen LogP) is 3.73. The molecule has 1 unspecified atom stereocenters. The van der Waals surface area contributed by atoms with Crippen molar-refractivity contribution in [2.75, 3.05) is 11.6 Å². The van der Waals surface area contributed by atoms with Crippen molar-refractivity contribution in [2.45, 2.75) is 38.0 Å². The van der Waals surface area contributed by atoms with Gasteiger partial charge >= 0.3 is 5.97 Å². The van der Waals surface area contributed by atoms with Crippen LogP contribution in [-0.4, -0.2) is 31.7 Å². The Labute approximate surface area is 165 Å².